The Morgan fingerprint density at radius 2 is 1.91 bits per heavy atom. The average Bonchev–Trinajstić information content (AvgIpc) is 3.61. The maximum absolute atomic E-state index is 13.1. The molecule has 1 fully saturated rings. The molecule has 8 heteroatoms. The summed E-state index contributed by atoms with van der Waals surface area (Å²) in [5.74, 6) is -0.294. The van der Waals surface area contributed by atoms with Crippen LogP contribution < -0.4 is 10.8 Å². The van der Waals surface area contributed by atoms with Crippen LogP contribution in [0.1, 0.15) is 80.4 Å². The minimum Gasteiger partial charge on any atom is -0.461 e. The first kappa shape index (κ1) is 25.7. The van der Waals surface area contributed by atoms with E-state index in [4.69, 9.17) is 14.8 Å². The van der Waals surface area contributed by atoms with Gasteiger partial charge in [-0.1, -0.05) is 18.2 Å². The zero-order valence-corrected chi connectivity index (χ0v) is 20.4. The van der Waals surface area contributed by atoms with E-state index in [0.717, 1.165) is 18.4 Å². The monoisotopic (exact) mass is 463 g/mol. The van der Waals surface area contributed by atoms with Gasteiger partial charge in [-0.25, -0.2) is 0 Å². The molecule has 2 aromatic rings. The Kier molecular flexibility index (Phi) is 7.63. The van der Waals surface area contributed by atoms with E-state index in [-0.39, 0.29) is 12.5 Å². The van der Waals surface area contributed by atoms with Gasteiger partial charge in [-0.05, 0) is 75.7 Å². The van der Waals surface area contributed by atoms with Crippen molar-refractivity contribution in [3.8, 4) is 0 Å². The predicted octanol–water partition coefficient (Wildman–Crippen LogP) is 3.69. The highest BCUT2D eigenvalue weighted by Crippen LogP contribution is 2.40. The quantitative estimate of drug-likeness (QED) is 0.283. The Balaban J connectivity index is 1.88. The minimum absolute atomic E-state index is 0.0675. The Morgan fingerprint density at radius 1 is 1.21 bits per heavy atom. The van der Waals surface area contributed by atoms with Gasteiger partial charge >= 0.3 is 13.5 Å². The number of rotatable bonds is 10. The third-order valence-corrected chi connectivity index (χ3v) is 6.36. The summed E-state index contributed by atoms with van der Waals surface area (Å²) in [6.45, 7) is 8.10. The Morgan fingerprint density at radius 3 is 2.50 bits per heavy atom. The van der Waals surface area contributed by atoms with Crippen molar-refractivity contribution >= 4 is 36.7 Å². The molecule has 2 aromatic carbocycles. The SMILES string of the molecule is CC(=O)OCc1c([B]OC(C)(C)C(C)(C)O)cccc1NC(=O)c1ccc(C2CC2)cc1C=N. The molecular formula is C26H32BN2O5. The fourth-order valence-electron chi connectivity index (χ4n) is 3.29. The van der Waals surface area contributed by atoms with Gasteiger partial charge in [0, 0.05) is 35.5 Å². The first-order valence-electron chi connectivity index (χ1n) is 11.4. The summed E-state index contributed by atoms with van der Waals surface area (Å²) in [6, 6.07) is 10.8. The third-order valence-electron chi connectivity index (χ3n) is 6.36. The molecule has 0 aromatic heterocycles. The van der Waals surface area contributed by atoms with Crippen LogP contribution >= 0.6 is 0 Å². The van der Waals surface area contributed by atoms with Gasteiger partial charge in [0.1, 0.15) is 6.61 Å². The van der Waals surface area contributed by atoms with Crippen LogP contribution in [0.4, 0.5) is 5.69 Å². The molecule has 0 atom stereocenters. The smallest absolute Gasteiger partial charge is 0.331 e. The number of ether oxygens (including phenoxy) is 1. The van der Waals surface area contributed by atoms with E-state index >= 15 is 0 Å². The molecule has 1 amide bonds. The van der Waals surface area contributed by atoms with Gasteiger partial charge in [0.05, 0.1) is 11.2 Å². The van der Waals surface area contributed by atoms with E-state index < -0.39 is 17.2 Å². The van der Waals surface area contributed by atoms with Crippen molar-refractivity contribution < 1.29 is 24.1 Å². The van der Waals surface area contributed by atoms with Crippen LogP contribution in [-0.4, -0.2) is 41.9 Å². The van der Waals surface area contributed by atoms with Crippen LogP contribution in [0.15, 0.2) is 36.4 Å². The van der Waals surface area contributed by atoms with Crippen molar-refractivity contribution in [2.75, 3.05) is 5.32 Å². The lowest BCUT2D eigenvalue weighted by Crippen LogP contribution is -2.49. The van der Waals surface area contributed by atoms with E-state index in [1.54, 1.807) is 52.0 Å². The van der Waals surface area contributed by atoms with E-state index in [9.17, 15) is 14.7 Å². The number of carbonyl (C=O) groups is 2. The summed E-state index contributed by atoms with van der Waals surface area (Å²) >= 11 is 0. The lowest BCUT2D eigenvalue weighted by Gasteiger charge is -2.37. The number of esters is 1. The van der Waals surface area contributed by atoms with Crippen molar-refractivity contribution in [3.63, 3.8) is 0 Å². The zero-order valence-electron chi connectivity index (χ0n) is 20.4. The van der Waals surface area contributed by atoms with Gasteiger partial charge in [0.25, 0.3) is 5.91 Å². The Bertz CT molecular complexity index is 1090. The number of hydrogen-bond acceptors (Lipinski definition) is 6. The second-order valence-corrected chi connectivity index (χ2v) is 9.68. The number of benzene rings is 2. The van der Waals surface area contributed by atoms with Crippen LogP contribution in [0, 0.1) is 5.41 Å². The topological polar surface area (TPSA) is 109 Å². The van der Waals surface area contributed by atoms with Gasteiger partial charge in [-0.15, -0.1) is 0 Å². The highest BCUT2D eigenvalue weighted by Gasteiger charge is 2.36. The van der Waals surface area contributed by atoms with E-state index in [2.05, 4.69) is 5.32 Å². The summed E-state index contributed by atoms with van der Waals surface area (Å²) < 4.78 is 11.1. The fraction of sp³-hybridized carbons (Fsp3) is 0.423. The van der Waals surface area contributed by atoms with Crippen LogP contribution in [0.3, 0.4) is 0 Å². The number of anilines is 1. The van der Waals surface area contributed by atoms with Crippen LogP contribution in [0.5, 0.6) is 0 Å². The van der Waals surface area contributed by atoms with Crippen LogP contribution in [0.25, 0.3) is 0 Å². The molecule has 34 heavy (non-hydrogen) atoms. The fourth-order valence-corrected chi connectivity index (χ4v) is 3.29. The summed E-state index contributed by atoms with van der Waals surface area (Å²) in [7, 11) is 1.50. The van der Waals surface area contributed by atoms with Gasteiger partial charge in [0.15, 0.2) is 0 Å². The Labute approximate surface area is 201 Å². The maximum Gasteiger partial charge on any atom is 0.331 e. The largest absolute Gasteiger partial charge is 0.461 e. The number of aliphatic hydroxyl groups is 1. The molecule has 0 saturated heterocycles. The van der Waals surface area contributed by atoms with Crippen molar-refractivity contribution in [1.82, 2.24) is 0 Å². The van der Waals surface area contributed by atoms with E-state index in [1.165, 1.54) is 20.6 Å². The second-order valence-electron chi connectivity index (χ2n) is 9.68. The van der Waals surface area contributed by atoms with Gasteiger partial charge in [0.2, 0.25) is 0 Å². The molecular weight excluding hydrogens is 431 g/mol. The number of nitrogens with one attached hydrogen (secondary N) is 2. The number of hydrogen-bond donors (Lipinski definition) is 3. The molecule has 0 spiro atoms. The Hall–Kier alpha value is -2.97. The molecule has 179 valence electrons. The molecule has 0 unspecified atom stereocenters. The first-order chi connectivity index (χ1) is 15.9. The van der Waals surface area contributed by atoms with Crippen molar-refractivity contribution in [2.45, 2.75) is 71.2 Å². The average molecular weight is 463 g/mol. The molecule has 1 aliphatic carbocycles. The van der Waals surface area contributed by atoms with Crippen LogP contribution in [-0.2, 0) is 20.8 Å². The van der Waals surface area contributed by atoms with Gasteiger partial charge in [-0.3, -0.25) is 9.59 Å². The number of amides is 1. The lowest BCUT2D eigenvalue weighted by atomic mass is 9.80. The normalized spacial score (nSPS) is 13.8. The zero-order chi connectivity index (χ0) is 25.1. The summed E-state index contributed by atoms with van der Waals surface area (Å²) in [6.07, 6.45) is 3.47. The molecule has 0 aliphatic heterocycles. The molecule has 7 nitrogen and oxygen atoms in total. The number of carbonyl (C=O) groups excluding carboxylic acids is 2. The first-order valence-corrected chi connectivity index (χ1v) is 11.4. The van der Waals surface area contributed by atoms with Crippen LogP contribution in [0.2, 0.25) is 0 Å². The van der Waals surface area contributed by atoms with Crippen molar-refractivity contribution in [2.24, 2.45) is 0 Å². The summed E-state index contributed by atoms with van der Waals surface area (Å²) in [5, 5.41) is 21.0. The maximum atomic E-state index is 13.1. The molecule has 0 bridgehead atoms. The minimum atomic E-state index is -1.11. The highest BCUT2D eigenvalue weighted by molar-refractivity contribution is 6.48. The van der Waals surface area contributed by atoms with Gasteiger partial charge < -0.3 is 25.2 Å². The summed E-state index contributed by atoms with van der Waals surface area (Å²) in [4.78, 5) is 24.6. The molecule has 3 rings (SSSR count). The van der Waals surface area contributed by atoms with Crippen molar-refractivity contribution in [3.05, 3.63) is 58.7 Å². The van der Waals surface area contributed by atoms with Crippen molar-refractivity contribution in [1.29, 1.82) is 5.41 Å². The molecule has 0 heterocycles. The van der Waals surface area contributed by atoms with Gasteiger partial charge in [-0.2, -0.15) is 0 Å². The van der Waals surface area contributed by atoms with E-state index in [0.29, 0.717) is 33.8 Å². The van der Waals surface area contributed by atoms with E-state index in [1.807, 2.05) is 12.1 Å². The molecule has 1 saturated carbocycles. The molecule has 3 N–H and O–H groups in total. The lowest BCUT2D eigenvalue weighted by molar-refractivity contribution is -0.142. The highest BCUT2D eigenvalue weighted by atomic mass is 16.5. The third kappa shape index (κ3) is 6.13. The summed E-state index contributed by atoms with van der Waals surface area (Å²) in [5.41, 5.74) is 1.72. The predicted molar refractivity (Wildman–Crippen MR) is 133 cm³/mol. The molecule has 1 radical (unpaired) electrons. The standard InChI is InChI=1S/C26H32BN2O5/c1-16(30)33-15-21-22(27-34-26(4,5)25(2,3)32)7-6-8-23(21)29-24(31)20-12-11-18(17-9-10-17)13-19(20)14-28/h6-8,11-14,17,28,32H,9-10,15H2,1-5H3,(H,29,31). The molecule has 1 aliphatic rings. The second kappa shape index (κ2) is 10.1.